The third-order valence-electron chi connectivity index (χ3n) is 4.50. The van der Waals surface area contributed by atoms with Crippen molar-refractivity contribution in [3.63, 3.8) is 0 Å². The number of carbonyl (C=O) groups excluding carboxylic acids is 1. The predicted octanol–water partition coefficient (Wildman–Crippen LogP) is 3.32. The van der Waals surface area contributed by atoms with Crippen molar-refractivity contribution >= 4 is 11.7 Å². The molecule has 1 aromatic heterocycles. The van der Waals surface area contributed by atoms with Gasteiger partial charge in [0.1, 0.15) is 11.6 Å². The molecule has 1 saturated heterocycles. The van der Waals surface area contributed by atoms with Gasteiger partial charge in [0.25, 0.3) is 0 Å². The Bertz CT molecular complexity index is 681. The smallest absolute Gasteiger partial charge is 0.321 e. The van der Waals surface area contributed by atoms with Crippen LogP contribution in [-0.4, -0.2) is 40.7 Å². The normalized spacial score (nSPS) is 17.6. The molecule has 1 fully saturated rings. The number of anilines is 1. The Balaban J connectivity index is 1.64. The monoisotopic (exact) mass is 328 g/mol. The van der Waals surface area contributed by atoms with Gasteiger partial charge in [-0.25, -0.2) is 9.78 Å². The molecular weight excluding hydrogens is 304 g/mol. The van der Waals surface area contributed by atoms with Crippen LogP contribution in [0.4, 0.5) is 10.5 Å². The molecule has 1 N–H and O–H groups in total. The highest BCUT2D eigenvalue weighted by Crippen LogP contribution is 2.26. The summed E-state index contributed by atoms with van der Waals surface area (Å²) < 4.78 is 7.30. The van der Waals surface area contributed by atoms with Crippen molar-refractivity contribution in [1.29, 1.82) is 0 Å². The number of aromatic nitrogens is 2. The number of piperidine rings is 1. The van der Waals surface area contributed by atoms with Gasteiger partial charge in [0.05, 0.1) is 7.11 Å². The van der Waals surface area contributed by atoms with Gasteiger partial charge in [0.15, 0.2) is 0 Å². The molecule has 1 aromatic carbocycles. The maximum Gasteiger partial charge on any atom is 0.321 e. The minimum Gasteiger partial charge on any atom is -0.497 e. The van der Waals surface area contributed by atoms with E-state index in [9.17, 15) is 4.79 Å². The Morgan fingerprint density at radius 1 is 1.38 bits per heavy atom. The lowest BCUT2D eigenvalue weighted by atomic mass is 9.97. The van der Waals surface area contributed by atoms with E-state index >= 15 is 0 Å². The number of rotatable bonds is 4. The first-order valence-corrected chi connectivity index (χ1v) is 8.42. The number of ether oxygens (including phenoxy) is 1. The average molecular weight is 328 g/mol. The molecule has 0 aliphatic carbocycles. The molecule has 2 heterocycles. The number of benzene rings is 1. The van der Waals surface area contributed by atoms with Gasteiger partial charge in [-0.1, -0.05) is 0 Å². The van der Waals surface area contributed by atoms with Crippen LogP contribution in [0.25, 0.3) is 0 Å². The highest BCUT2D eigenvalue weighted by molar-refractivity contribution is 5.89. The van der Waals surface area contributed by atoms with Crippen LogP contribution in [-0.2, 0) is 6.54 Å². The van der Waals surface area contributed by atoms with Crippen LogP contribution in [0, 0.1) is 0 Å². The van der Waals surface area contributed by atoms with E-state index in [0.717, 1.165) is 43.2 Å². The lowest BCUT2D eigenvalue weighted by Crippen LogP contribution is -2.42. The van der Waals surface area contributed by atoms with Crippen molar-refractivity contribution in [3.8, 4) is 5.75 Å². The van der Waals surface area contributed by atoms with Gasteiger partial charge in [-0.05, 0) is 44.0 Å². The highest BCUT2D eigenvalue weighted by Gasteiger charge is 2.27. The summed E-state index contributed by atoms with van der Waals surface area (Å²) in [5.74, 6) is 2.16. The molecule has 1 atom stereocenters. The molecular formula is C18H24N4O2. The molecule has 6 nitrogen and oxygen atoms in total. The third-order valence-corrected chi connectivity index (χ3v) is 4.50. The summed E-state index contributed by atoms with van der Waals surface area (Å²) >= 11 is 0. The van der Waals surface area contributed by atoms with E-state index in [1.54, 1.807) is 7.11 Å². The minimum absolute atomic E-state index is 0.0560. The maximum absolute atomic E-state index is 12.5. The van der Waals surface area contributed by atoms with Crippen molar-refractivity contribution in [2.24, 2.45) is 0 Å². The third kappa shape index (κ3) is 3.53. The number of amides is 2. The molecule has 0 saturated carbocycles. The molecule has 0 unspecified atom stereocenters. The van der Waals surface area contributed by atoms with Gasteiger partial charge in [-0.3, -0.25) is 0 Å². The zero-order valence-electron chi connectivity index (χ0n) is 14.2. The molecule has 6 heteroatoms. The molecule has 2 amide bonds. The Hall–Kier alpha value is -2.50. The highest BCUT2D eigenvalue weighted by atomic mass is 16.5. The molecule has 0 spiro atoms. The summed E-state index contributed by atoms with van der Waals surface area (Å²) in [4.78, 5) is 18.9. The van der Waals surface area contributed by atoms with Gasteiger partial charge in [0, 0.05) is 43.6 Å². The van der Waals surface area contributed by atoms with E-state index in [4.69, 9.17) is 4.74 Å². The predicted molar refractivity (Wildman–Crippen MR) is 93.5 cm³/mol. The van der Waals surface area contributed by atoms with Crippen LogP contribution in [0.15, 0.2) is 36.7 Å². The van der Waals surface area contributed by atoms with Crippen LogP contribution in [0.3, 0.4) is 0 Å². The Morgan fingerprint density at radius 2 is 2.17 bits per heavy atom. The number of hydrogen-bond acceptors (Lipinski definition) is 3. The number of nitrogens with one attached hydrogen (secondary N) is 1. The Labute approximate surface area is 142 Å². The van der Waals surface area contributed by atoms with Gasteiger partial charge in [-0.15, -0.1) is 0 Å². The first kappa shape index (κ1) is 16.4. The molecule has 0 bridgehead atoms. The van der Waals surface area contributed by atoms with Crippen molar-refractivity contribution in [2.75, 3.05) is 25.5 Å². The number of urea groups is 1. The topological polar surface area (TPSA) is 59.4 Å². The second-order valence-electron chi connectivity index (χ2n) is 6.02. The maximum atomic E-state index is 12.5. The van der Waals surface area contributed by atoms with Crippen LogP contribution < -0.4 is 10.1 Å². The van der Waals surface area contributed by atoms with Crippen LogP contribution >= 0.6 is 0 Å². The lowest BCUT2D eigenvalue weighted by molar-refractivity contribution is 0.190. The molecule has 1 aliphatic heterocycles. The molecule has 24 heavy (non-hydrogen) atoms. The standard InChI is InChI=1S/C18H24N4O2/c1-3-21-12-10-19-17(21)14-5-4-11-22(13-14)18(23)20-15-6-8-16(24-2)9-7-15/h6-10,12,14H,3-5,11,13H2,1-2H3,(H,20,23)/t14-/m0/s1. The Morgan fingerprint density at radius 3 is 2.88 bits per heavy atom. The van der Waals surface area contributed by atoms with E-state index in [-0.39, 0.29) is 6.03 Å². The SMILES string of the molecule is CCn1ccnc1[C@H]1CCCN(C(=O)Nc2ccc(OC)cc2)C1. The fourth-order valence-corrected chi connectivity index (χ4v) is 3.20. The van der Waals surface area contributed by atoms with Crippen LogP contribution in [0.1, 0.15) is 31.5 Å². The van der Waals surface area contributed by atoms with Gasteiger partial charge in [0.2, 0.25) is 0 Å². The molecule has 0 radical (unpaired) electrons. The second kappa shape index (κ2) is 7.38. The first-order valence-electron chi connectivity index (χ1n) is 8.42. The van der Waals surface area contributed by atoms with E-state index in [1.165, 1.54) is 0 Å². The number of aryl methyl sites for hydroxylation is 1. The van der Waals surface area contributed by atoms with Crippen molar-refractivity contribution in [3.05, 3.63) is 42.5 Å². The number of carbonyl (C=O) groups is 1. The largest absolute Gasteiger partial charge is 0.497 e. The van der Waals surface area contributed by atoms with E-state index < -0.39 is 0 Å². The molecule has 3 rings (SSSR count). The number of hydrogen-bond donors (Lipinski definition) is 1. The summed E-state index contributed by atoms with van der Waals surface area (Å²) in [7, 11) is 1.63. The molecule has 128 valence electrons. The molecule has 1 aliphatic rings. The quantitative estimate of drug-likeness (QED) is 0.936. The van der Waals surface area contributed by atoms with E-state index in [1.807, 2.05) is 41.6 Å². The summed E-state index contributed by atoms with van der Waals surface area (Å²) in [6, 6.07) is 7.32. The van der Waals surface area contributed by atoms with Gasteiger partial charge < -0.3 is 19.5 Å². The fraction of sp³-hybridized carbons (Fsp3) is 0.444. The summed E-state index contributed by atoms with van der Waals surface area (Å²) in [5.41, 5.74) is 0.776. The number of likely N-dealkylation sites (tertiary alicyclic amines) is 1. The summed E-state index contributed by atoms with van der Waals surface area (Å²) in [6.07, 6.45) is 5.92. The van der Waals surface area contributed by atoms with Crippen molar-refractivity contribution in [1.82, 2.24) is 14.5 Å². The van der Waals surface area contributed by atoms with E-state index in [0.29, 0.717) is 12.5 Å². The minimum atomic E-state index is -0.0560. The zero-order valence-corrected chi connectivity index (χ0v) is 14.2. The van der Waals surface area contributed by atoms with E-state index in [2.05, 4.69) is 21.8 Å². The number of methoxy groups -OCH3 is 1. The average Bonchev–Trinajstić information content (AvgIpc) is 3.11. The van der Waals surface area contributed by atoms with Gasteiger partial charge in [-0.2, -0.15) is 0 Å². The van der Waals surface area contributed by atoms with Gasteiger partial charge >= 0.3 is 6.03 Å². The second-order valence-corrected chi connectivity index (χ2v) is 6.02. The van der Waals surface area contributed by atoms with Crippen LogP contribution in [0.2, 0.25) is 0 Å². The zero-order chi connectivity index (χ0) is 16.9. The first-order chi connectivity index (χ1) is 11.7. The number of imidazole rings is 1. The Kier molecular flexibility index (Phi) is 5.03. The van der Waals surface area contributed by atoms with Crippen molar-refractivity contribution < 1.29 is 9.53 Å². The lowest BCUT2D eigenvalue weighted by Gasteiger charge is -2.32. The van der Waals surface area contributed by atoms with Crippen molar-refractivity contribution in [2.45, 2.75) is 32.2 Å². The summed E-state index contributed by atoms with van der Waals surface area (Å²) in [6.45, 7) is 4.51. The summed E-state index contributed by atoms with van der Waals surface area (Å²) in [5, 5.41) is 2.96. The molecule has 2 aromatic rings. The fourth-order valence-electron chi connectivity index (χ4n) is 3.20. The number of nitrogens with zero attached hydrogens (tertiary/aromatic N) is 3. The van der Waals surface area contributed by atoms with Crippen LogP contribution in [0.5, 0.6) is 5.75 Å².